The summed E-state index contributed by atoms with van der Waals surface area (Å²) in [5.41, 5.74) is -0.723. The molecule has 4 unspecified atom stereocenters. The van der Waals surface area contributed by atoms with Crippen LogP contribution in [0.5, 0.6) is 0 Å². The number of nitrogens with zero attached hydrogens (tertiary/aromatic N) is 1. The Morgan fingerprint density at radius 3 is 2.39 bits per heavy atom. The third-order valence-corrected chi connectivity index (χ3v) is 11.1. The number of carbonyl (C=O) groups is 2. The van der Waals surface area contributed by atoms with E-state index in [4.69, 9.17) is 9.16 Å². The first-order chi connectivity index (χ1) is 12.9. The van der Waals surface area contributed by atoms with Crippen LogP contribution in [0.3, 0.4) is 0 Å². The Morgan fingerprint density at radius 1 is 1.25 bits per heavy atom. The molecule has 154 valence electrons. The Labute approximate surface area is 168 Å². The Bertz CT molecular complexity index is 760. The molecule has 2 aliphatic heterocycles. The summed E-state index contributed by atoms with van der Waals surface area (Å²) in [6, 6.07) is 7.87. The minimum absolute atomic E-state index is 0.0331. The summed E-state index contributed by atoms with van der Waals surface area (Å²) in [4.78, 5) is 26.8. The Morgan fingerprint density at radius 2 is 1.86 bits per heavy atom. The summed E-state index contributed by atoms with van der Waals surface area (Å²) in [5.74, 6) is -0.704. The first kappa shape index (κ1) is 21.0. The molecule has 4 atom stereocenters. The highest BCUT2D eigenvalue weighted by molar-refractivity contribution is 6.74. The van der Waals surface area contributed by atoms with E-state index in [1.54, 1.807) is 0 Å². The predicted octanol–water partition coefficient (Wildman–Crippen LogP) is 2.81. The van der Waals surface area contributed by atoms with Crippen molar-refractivity contribution in [3.05, 3.63) is 35.9 Å². The lowest BCUT2D eigenvalue weighted by atomic mass is 9.84. The van der Waals surface area contributed by atoms with Crippen LogP contribution >= 0.6 is 0 Å². The predicted molar refractivity (Wildman–Crippen MR) is 108 cm³/mol. The van der Waals surface area contributed by atoms with Crippen molar-refractivity contribution in [2.45, 2.75) is 75.5 Å². The molecule has 7 heteroatoms. The van der Waals surface area contributed by atoms with Crippen LogP contribution in [0.1, 0.15) is 39.2 Å². The smallest absolute Gasteiger partial charge is 0.328 e. The van der Waals surface area contributed by atoms with Gasteiger partial charge in [-0.05, 0) is 23.7 Å². The summed E-state index contributed by atoms with van der Waals surface area (Å²) < 4.78 is 11.6. The number of methoxy groups -OCH3 is 1. The lowest BCUT2D eigenvalue weighted by molar-refractivity contribution is -0.150. The quantitative estimate of drug-likeness (QED) is 0.616. The van der Waals surface area contributed by atoms with Gasteiger partial charge in [0.15, 0.2) is 8.32 Å². The zero-order chi connectivity index (χ0) is 20.9. The average molecular weight is 406 g/mol. The number of rotatable bonds is 4. The molecule has 0 bridgehead atoms. The lowest BCUT2D eigenvalue weighted by Crippen LogP contribution is -2.52. The number of aliphatic hydroxyl groups is 1. The third-order valence-electron chi connectivity index (χ3n) is 6.64. The molecule has 0 aromatic heterocycles. The van der Waals surface area contributed by atoms with Crippen LogP contribution in [0.15, 0.2) is 30.3 Å². The second-order valence-corrected chi connectivity index (χ2v) is 14.2. The van der Waals surface area contributed by atoms with Gasteiger partial charge in [0.1, 0.15) is 11.6 Å². The van der Waals surface area contributed by atoms with Crippen molar-refractivity contribution in [3.63, 3.8) is 0 Å². The van der Waals surface area contributed by atoms with E-state index in [2.05, 4.69) is 33.9 Å². The van der Waals surface area contributed by atoms with E-state index in [9.17, 15) is 14.7 Å². The Balaban J connectivity index is 2.05. The van der Waals surface area contributed by atoms with Crippen molar-refractivity contribution in [2.75, 3.05) is 7.11 Å². The van der Waals surface area contributed by atoms with Gasteiger partial charge in [-0.2, -0.15) is 0 Å². The molecule has 0 saturated carbocycles. The average Bonchev–Trinajstić information content (AvgIpc) is 3.12. The Hall–Kier alpha value is -1.70. The van der Waals surface area contributed by atoms with Gasteiger partial charge in [0.05, 0.1) is 25.7 Å². The number of hydrogen-bond donors (Lipinski definition) is 1. The SMILES string of the molecule is COC(=O)C1CC(O[Si](C)(C)C(C)(C)C)C2N1C(=O)CC2(O)c1ccccc1. The number of fused-ring (bicyclic) bond motifs is 1. The van der Waals surface area contributed by atoms with Gasteiger partial charge < -0.3 is 19.2 Å². The Kier molecular flexibility index (Phi) is 5.23. The van der Waals surface area contributed by atoms with Gasteiger partial charge in [-0.25, -0.2) is 4.79 Å². The summed E-state index contributed by atoms with van der Waals surface area (Å²) in [6.45, 7) is 10.7. The monoisotopic (exact) mass is 405 g/mol. The first-order valence-corrected chi connectivity index (χ1v) is 12.7. The van der Waals surface area contributed by atoms with E-state index in [1.165, 1.54) is 12.0 Å². The highest BCUT2D eigenvalue weighted by Crippen LogP contribution is 2.49. The topological polar surface area (TPSA) is 76.1 Å². The standard InChI is InChI=1S/C21H31NO5Si/c1-20(2,3)28(5,6)27-16-12-15(19(24)26-4)22-17(23)13-21(25,18(16)22)14-10-8-7-9-11-14/h7-11,15-16,18,25H,12-13H2,1-6H3. The van der Waals surface area contributed by atoms with Crippen LogP contribution < -0.4 is 0 Å². The molecular weight excluding hydrogens is 374 g/mol. The van der Waals surface area contributed by atoms with Crippen molar-refractivity contribution in [2.24, 2.45) is 0 Å². The van der Waals surface area contributed by atoms with Crippen molar-refractivity contribution >= 4 is 20.2 Å². The molecule has 3 rings (SSSR count). The summed E-state index contributed by atoms with van der Waals surface area (Å²) in [5, 5.41) is 11.6. The molecule has 1 amide bonds. The highest BCUT2D eigenvalue weighted by atomic mass is 28.4. The third kappa shape index (κ3) is 3.29. The number of hydrogen-bond acceptors (Lipinski definition) is 5. The van der Waals surface area contributed by atoms with Crippen molar-refractivity contribution in [1.29, 1.82) is 0 Å². The molecule has 0 spiro atoms. The lowest BCUT2D eigenvalue weighted by Gasteiger charge is -2.42. The van der Waals surface area contributed by atoms with Gasteiger partial charge in [0.25, 0.3) is 0 Å². The molecule has 0 aliphatic carbocycles. The maximum Gasteiger partial charge on any atom is 0.328 e. The minimum Gasteiger partial charge on any atom is -0.467 e. The van der Waals surface area contributed by atoms with Crippen LogP contribution in [0.25, 0.3) is 0 Å². The molecule has 2 fully saturated rings. The maximum absolute atomic E-state index is 12.9. The largest absolute Gasteiger partial charge is 0.467 e. The van der Waals surface area contributed by atoms with E-state index >= 15 is 0 Å². The van der Waals surface area contributed by atoms with Crippen LogP contribution in [0.4, 0.5) is 0 Å². The van der Waals surface area contributed by atoms with Crippen molar-refractivity contribution < 1.29 is 23.9 Å². The molecule has 2 heterocycles. The van der Waals surface area contributed by atoms with Gasteiger partial charge in [0.2, 0.25) is 5.91 Å². The van der Waals surface area contributed by atoms with Crippen LogP contribution in [0, 0.1) is 0 Å². The maximum atomic E-state index is 12.9. The molecule has 1 aromatic carbocycles. The van der Waals surface area contributed by atoms with Crippen LogP contribution in [-0.4, -0.2) is 55.5 Å². The minimum atomic E-state index is -2.19. The zero-order valence-corrected chi connectivity index (χ0v) is 18.6. The van der Waals surface area contributed by atoms with E-state index in [0.29, 0.717) is 12.0 Å². The molecule has 1 aromatic rings. The van der Waals surface area contributed by atoms with Gasteiger partial charge in [-0.1, -0.05) is 51.1 Å². The van der Waals surface area contributed by atoms with E-state index in [-0.39, 0.29) is 17.4 Å². The molecule has 28 heavy (non-hydrogen) atoms. The number of carbonyl (C=O) groups excluding carboxylic acids is 2. The number of esters is 1. The highest BCUT2D eigenvalue weighted by Gasteiger charge is 2.63. The number of amides is 1. The fraction of sp³-hybridized carbons (Fsp3) is 0.619. The second-order valence-electron chi connectivity index (χ2n) is 9.40. The van der Waals surface area contributed by atoms with E-state index in [1.807, 2.05) is 30.3 Å². The number of benzene rings is 1. The molecule has 6 nitrogen and oxygen atoms in total. The van der Waals surface area contributed by atoms with E-state index in [0.717, 1.165) is 0 Å². The molecule has 2 aliphatic rings. The fourth-order valence-corrected chi connectivity index (χ4v) is 5.48. The zero-order valence-electron chi connectivity index (χ0n) is 17.6. The van der Waals surface area contributed by atoms with Gasteiger partial charge in [-0.3, -0.25) is 4.79 Å². The van der Waals surface area contributed by atoms with E-state index < -0.39 is 38.1 Å². The summed E-state index contributed by atoms with van der Waals surface area (Å²) in [6.07, 6.45) is -0.154. The van der Waals surface area contributed by atoms with Crippen LogP contribution in [-0.2, 0) is 24.4 Å². The fourth-order valence-electron chi connectivity index (χ4n) is 4.14. The molecular formula is C21H31NO5Si. The van der Waals surface area contributed by atoms with Gasteiger partial charge in [-0.15, -0.1) is 0 Å². The molecule has 1 N–H and O–H groups in total. The second kappa shape index (κ2) is 6.97. The first-order valence-electron chi connectivity index (χ1n) is 9.77. The number of ether oxygens (including phenoxy) is 1. The van der Waals surface area contributed by atoms with Gasteiger partial charge in [0, 0.05) is 6.42 Å². The molecule has 2 saturated heterocycles. The van der Waals surface area contributed by atoms with Crippen LogP contribution in [0.2, 0.25) is 18.1 Å². The van der Waals surface area contributed by atoms with Crippen molar-refractivity contribution in [1.82, 2.24) is 4.90 Å². The normalized spacial score (nSPS) is 30.5. The van der Waals surface area contributed by atoms with Gasteiger partial charge >= 0.3 is 5.97 Å². The summed E-state index contributed by atoms with van der Waals surface area (Å²) in [7, 11) is -0.868. The summed E-state index contributed by atoms with van der Waals surface area (Å²) >= 11 is 0. The molecule has 0 radical (unpaired) electrons. The van der Waals surface area contributed by atoms with Crippen molar-refractivity contribution in [3.8, 4) is 0 Å².